The lowest BCUT2D eigenvalue weighted by atomic mass is 10.2. The fourth-order valence-corrected chi connectivity index (χ4v) is 2.12. The number of nitrogens with two attached hydrogens (primary N) is 1. The smallest absolute Gasteiger partial charge is 0.312 e. The molecule has 0 bridgehead atoms. The normalized spacial score (nSPS) is 12.2. The van der Waals surface area contributed by atoms with Crippen molar-refractivity contribution >= 4 is 22.0 Å². The number of rotatable bonds is 8. The zero-order valence-electron chi connectivity index (χ0n) is 12.2. The number of nitrogens with one attached hydrogen (secondary N) is 2. The maximum Gasteiger partial charge on any atom is 0.312 e. The van der Waals surface area contributed by atoms with Crippen LogP contribution in [0.15, 0.2) is 22.7 Å². The molecule has 0 unspecified atom stereocenters. The SMILES string of the molecule is CC(C)NC[C@H](O)COc1ccc(CNC(N)=O)cc1Br. The van der Waals surface area contributed by atoms with Gasteiger partial charge in [0.1, 0.15) is 18.5 Å². The van der Waals surface area contributed by atoms with Crippen molar-refractivity contribution in [1.29, 1.82) is 0 Å². The highest BCUT2D eigenvalue weighted by atomic mass is 79.9. The van der Waals surface area contributed by atoms with Crippen LogP contribution in [-0.2, 0) is 6.54 Å². The van der Waals surface area contributed by atoms with Gasteiger partial charge in [0.15, 0.2) is 0 Å². The second-order valence-electron chi connectivity index (χ2n) is 5.01. The molecule has 1 aromatic carbocycles. The topological polar surface area (TPSA) is 96.6 Å². The maximum atomic E-state index is 10.7. The third-order valence-electron chi connectivity index (χ3n) is 2.66. The van der Waals surface area contributed by atoms with E-state index in [0.29, 0.717) is 24.9 Å². The highest BCUT2D eigenvalue weighted by Crippen LogP contribution is 2.26. The highest BCUT2D eigenvalue weighted by Gasteiger charge is 2.08. The Kier molecular flexibility index (Phi) is 7.49. The molecule has 6 nitrogen and oxygen atoms in total. The number of hydrogen-bond acceptors (Lipinski definition) is 4. The number of aliphatic hydroxyl groups is 1. The summed E-state index contributed by atoms with van der Waals surface area (Å²) in [6.07, 6.45) is -0.574. The van der Waals surface area contributed by atoms with Crippen molar-refractivity contribution in [3.63, 3.8) is 0 Å². The van der Waals surface area contributed by atoms with E-state index in [2.05, 4.69) is 26.6 Å². The Balaban J connectivity index is 2.47. The fourth-order valence-electron chi connectivity index (χ4n) is 1.58. The number of benzene rings is 1. The lowest BCUT2D eigenvalue weighted by Gasteiger charge is -2.16. The molecule has 0 saturated carbocycles. The number of carbonyl (C=O) groups excluding carboxylic acids is 1. The van der Waals surface area contributed by atoms with Gasteiger partial charge in [0.2, 0.25) is 0 Å². The minimum absolute atomic E-state index is 0.206. The summed E-state index contributed by atoms with van der Waals surface area (Å²) in [5.41, 5.74) is 5.92. The standard InChI is InChI=1S/C14H22BrN3O3/c1-9(2)17-7-11(19)8-21-13-4-3-10(5-12(13)15)6-18-14(16)20/h3-5,9,11,17,19H,6-8H2,1-2H3,(H3,16,18,20)/t11-/m0/s1. The van der Waals surface area contributed by atoms with Crippen LogP contribution in [0.3, 0.4) is 0 Å². The summed E-state index contributed by atoms with van der Waals surface area (Å²) in [7, 11) is 0. The third-order valence-corrected chi connectivity index (χ3v) is 3.28. The lowest BCUT2D eigenvalue weighted by molar-refractivity contribution is 0.104. The van der Waals surface area contributed by atoms with Gasteiger partial charge in [0.25, 0.3) is 0 Å². The molecule has 0 radical (unpaired) electrons. The van der Waals surface area contributed by atoms with E-state index in [4.69, 9.17) is 10.5 Å². The molecule has 0 spiro atoms. The summed E-state index contributed by atoms with van der Waals surface area (Å²) in [6.45, 7) is 5.08. The van der Waals surface area contributed by atoms with E-state index in [-0.39, 0.29) is 6.61 Å². The molecule has 0 aliphatic heterocycles. The van der Waals surface area contributed by atoms with Crippen LogP contribution in [0.1, 0.15) is 19.4 Å². The van der Waals surface area contributed by atoms with Crippen LogP contribution in [0.25, 0.3) is 0 Å². The number of carbonyl (C=O) groups is 1. The van der Waals surface area contributed by atoms with Gasteiger partial charge in [0, 0.05) is 19.1 Å². The van der Waals surface area contributed by atoms with E-state index in [1.54, 1.807) is 6.07 Å². The molecule has 118 valence electrons. The van der Waals surface area contributed by atoms with Crippen LogP contribution in [0.4, 0.5) is 4.79 Å². The monoisotopic (exact) mass is 359 g/mol. The molecule has 0 fully saturated rings. The van der Waals surface area contributed by atoms with E-state index in [1.165, 1.54) is 0 Å². The number of halogens is 1. The van der Waals surface area contributed by atoms with Crippen molar-refractivity contribution in [3.8, 4) is 5.75 Å². The van der Waals surface area contributed by atoms with Gasteiger partial charge < -0.3 is 26.2 Å². The molecule has 2 amide bonds. The quantitative estimate of drug-likeness (QED) is 0.563. The average Bonchev–Trinajstić information content (AvgIpc) is 2.41. The van der Waals surface area contributed by atoms with Gasteiger partial charge in [-0.15, -0.1) is 0 Å². The summed E-state index contributed by atoms with van der Waals surface area (Å²) < 4.78 is 6.32. The van der Waals surface area contributed by atoms with Gasteiger partial charge in [-0.3, -0.25) is 0 Å². The predicted octanol–water partition coefficient (Wildman–Crippen LogP) is 1.36. The van der Waals surface area contributed by atoms with Crippen LogP contribution in [0.2, 0.25) is 0 Å². The average molecular weight is 360 g/mol. The van der Waals surface area contributed by atoms with Crippen molar-refractivity contribution in [2.24, 2.45) is 5.73 Å². The summed E-state index contributed by atoms with van der Waals surface area (Å²) in [5, 5.41) is 15.4. The van der Waals surface area contributed by atoms with Crippen LogP contribution in [0.5, 0.6) is 5.75 Å². The Labute approximate surface area is 133 Å². The van der Waals surface area contributed by atoms with E-state index in [9.17, 15) is 9.90 Å². The minimum atomic E-state index is -0.574. The number of amides is 2. The van der Waals surface area contributed by atoms with Gasteiger partial charge in [-0.1, -0.05) is 19.9 Å². The van der Waals surface area contributed by atoms with Gasteiger partial charge in [-0.2, -0.15) is 0 Å². The first kappa shape index (κ1) is 17.7. The van der Waals surface area contributed by atoms with Gasteiger partial charge >= 0.3 is 6.03 Å². The van der Waals surface area contributed by atoms with Crippen molar-refractivity contribution in [1.82, 2.24) is 10.6 Å². The zero-order chi connectivity index (χ0) is 15.8. The number of primary amides is 1. The lowest BCUT2D eigenvalue weighted by Crippen LogP contribution is -2.35. The molecule has 21 heavy (non-hydrogen) atoms. The third kappa shape index (κ3) is 7.31. The molecule has 0 aliphatic carbocycles. The van der Waals surface area contributed by atoms with Crippen LogP contribution >= 0.6 is 15.9 Å². The van der Waals surface area contributed by atoms with E-state index < -0.39 is 12.1 Å². The highest BCUT2D eigenvalue weighted by molar-refractivity contribution is 9.10. The Morgan fingerprint density at radius 3 is 2.76 bits per heavy atom. The fraction of sp³-hybridized carbons (Fsp3) is 0.500. The Morgan fingerprint density at radius 2 is 2.19 bits per heavy atom. The van der Waals surface area contributed by atoms with E-state index >= 15 is 0 Å². The molecule has 1 rings (SSSR count). The van der Waals surface area contributed by atoms with E-state index in [1.807, 2.05) is 26.0 Å². The molecule has 7 heteroatoms. The van der Waals surface area contributed by atoms with Crippen molar-refractivity contribution in [3.05, 3.63) is 28.2 Å². The molecular weight excluding hydrogens is 338 g/mol. The predicted molar refractivity (Wildman–Crippen MR) is 85.2 cm³/mol. The van der Waals surface area contributed by atoms with Gasteiger partial charge in [-0.25, -0.2) is 4.79 Å². The van der Waals surface area contributed by atoms with Crippen LogP contribution in [-0.4, -0.2) is 36.4 Å². The molecule has 1 aromatic rings. The zero-order valence-corrected chi connectivity index (χ0v) is 13.8. The van der Waals surface area contributed by atoms with Crippen molar-refractivity contribution < 1.29 is 14.6 Å². The first-order valence-electron chi connectivity index (χ1n) is 6.74. The van der Waals surface area contributed by atoms with Gasteiger partial charge in [-0.05, 0) is 33.6 Å². The molecule has 0 heterocycles. The summed E-state index contributed by atoms with van der Waals surface area (Å²) in [4.78, 5) is 10.7. The largest absolute Gasteiger partial charge is 0.490 e. The molecule has 1 atom stereocenters. The molecule has 0 saturated heterocycles. The van der Waals surface area contributed by atoms with Gasteiger partial charge in [0.05, 0.1) is 4.47 Å². The number of aliphatic hydroxyl groups excluding tert-OH is 1. The number of ether oxygens (including phenoxy) is 1. The maximum absolute atomic E-state index is 10.7. The number of urea groups is 1. The second kappa shape index (κ2) is 8.86. The minimum Gasteiger partial charge on any atom is -0.490 e. The Hall–Kier alpha value is -1.31. The Bertz CT molecular complexity index is 469. The van der Waals surface area contributed by atoms with Crippen molar-refractivity contribution in [2.75, 3.05) is 13.2 Å². The summed E-state index contributed by atoms with van der Waals surface area (Å²) in [5.74, 6) is 0.640. The first-order chi connectivity index (χ1) is 9.88. The van der Waals surface area contributed by atoms with Crippen LogP contribution < -0.4 is 21.1 Å². The summed E-state index contributed by atoms with van der Waals surface area (Å²) in [6, 6.07) is 5.21. The van der Waals surface area contributed by atoms with E-state index in [0.717, 1.165) is 10.0 Å². The Morgan fingerprint density at radius 1 is 1.48 bits per heavy atom. The van der Waals surface area contributed by atoms with Crippen LogP contribution in [0, 0.1) is 0 Å². The number of hydrogen-bond donors (Lipinski definition) is 4. The molecule has 0 aliphatic rings. The summed E-state index contributed by atoms with van der Waals surface area (Å²) >= 11 is 3.40. The second-order valence-corrected chi connectivity index (χ2v) is 5.86. The van der Waals surface area contributed by atoms with Crippen molar-refractivity contribution in [2.45, 2.75) is 32.5 Å². The molecular formula is C14H22BrN3O3. The molecule has 5 N–H and O–H groups in total. The molecule has 0 aromatic heterocycles. The first-order valence-corrected chi connectivity index (χ1v) is 7.53.